The van der Waals surface area contributed by atoms with Crippen molar-refractivity contribution in [3.63, 3.8) is 0 Å². The van der Waals surface area contributed by atoms with Crippen molar-refractivity contribution < 1.29 is 4.39 Å². The van der Waals surface area contributed by atoms with Crippen LogP contribution in [0, 0.1) is 5.82 Å². The number of nitrogens with zero attached hydrogens (tertiary/aromatic N) is 1. The van der Waals surface area contributed by atoms with Crippen molar-refractivity contribution in [1.29, 1.82) is 0 Å². The van der Waals surface area contributed by atoms with E-state index < -0.39 is 0 Å². The van der Waals surface area contributed by atoms with Crippen LogP contribution in [0.2, 0.25) is 10.0 Å². The lowest BCUT2D eigenvalue weighted by atomic mass is 10.2. The number of halogens is 3. The Morgan fingerprint density at radius 3 is 2.37 bits per heavy atom. The molecule has 0 N–H and O–H groups in total. The van der Waals surface area contributed by atoms with Crippen LogP contribution in [0.3, 0.4) is 0 Å². The van der Waals surface area contributed by atoms with E-state index in [1.807, 2.05) is 22.9 Å². The molecule has 2 aromatic carbocycles. The molecule has 0 aliphatic rings. The highest BCUT2D eigenvalue weighted by atomic mass is 35.5. The maximum Gasteiger partial charge on any atom is 0.132 e. The van der Waals surface area contributed by atoms with E-state index in [0.717, 1.165) is 11.1 Å². The Morgan fingerprint density at radius 1 is 0.947 bits per heavy atom. The second-order valence-electron chi connectivity index (χ2n) is 4.32. The Kier molecular flexibility index (Phi) is 3.21. The molecule has 0 atom stereocenters. The number of benzene rings is 2. The quantitative estimate of drug-likeness (QED) is 0.617. The molecule has 19 heavy (non-hydrogen) atoms. The van der Waals surface area contributed by atoms with Gasteiger partial charge in [0.2, 0.25) is 0 Å². The molecule has 0 saturated heterocycles. The monoisotopic (exact) mass is 293 g/mol. The van der Waals surface area contributed by atoms with E-state index >= 15 is 0 Å². The van der Waals surface area contributed by atoms with Crippen molar-refractivity contribution in [1.82, 2.24) is 4.57 Å². The van der Waals surface area contributed by atoms with Gasteiger partial charge in [0.15, 0.2) is 0 Å². The van der Waals surface area contributed by atoms with Gasteiger partial charge in [-0.15, -0.1) is 0 Å². The minimum absolute atomic E-state index is 0.221. The van der Waals surface area contributed by atoms with Gasteiger partial charge in [-0.25, -0.2) is 4.39 Å². The first kappa shape index (κ1) is 12.5. The van der Waals surface area contributed by atoms with Gasteiger partial charge in [0, 0.05) is 27.2 Å². The number of hydrogen-bond donors (Lipinski definition) is 0. The first-order valence-electron chi connectivity index (χ1n) is 5.83. The fourth-order valence-electron chi connectivity index (χ4n) is 2.18. The highest BCUT2D eigenvalue weighted by Crippen LogP contribution is 2.27. The Morgan fingerprint density at radius 2 is 1.63 bits per heavy atom. The fourth-order valence-corrected chi connectivity index (χ4v) is 2.69. The lowest BCUT2D eigenvalue weighted by Gasteiger charge is -2.09. The van der Waals surface area contributed by atoms with E-state index in [-0.39, 0.29) is 5.82 Å². The van der Waals surface area contributed by atoms with Gasteiger partial charge in [-0.1, -0.05) is 35.3 Å². The number of rotatable bonds is 2. The summed E-state index contributed by atoms with van der Waals surface area (Å²) < 4.78 is 15.6. The van der Waals surface area contributed by atoms with E-state index in [1.165, 1.54) is 6.07 Å². The zero-order valence-corrected chi connectivity index (χ0v) is 11.4. The van der Waals surface area contributed by atoms with Gasteiger partial charge in [0.05, 0.1) is 12.1 Å². The highest BCUT2D eigenvalue weighted by molar-refractivity contribution is 6.36. The molecule has 0 amide bonds. The molecule has 96 valence electrons. The van der Waals surface area contributed by atoms with Crippen LogP contribution in [-0.4, -0.2) is 4.57 Å². The second-order valence-corrected chi connectivity index (χ2v) is 5.13. The van der Waals surface area contributed by atoms with Crippen molar-refractivity contribution in [3.8, 4) is 0 Å². The minimum Gasteiger partial charge on any atom is -0.343 e. The molecule has 3 rings (SSSR count). The molecule has 0 aliphatic carbocycles. The third-order valence-electron chi connectivity index (χ3n) is 3.15. The van der Waals surface area contributed by atoms with Crippen LogP contribution >= 0.6 is 23.2 Å². The Labute approximate surface area is 120 Å². The third-order valence-corrected chi connectivity index (χ3v) is 3.86. The van der Waals surface area contributed by atoms with Crippen molar-refractivity contribution in [3.05, 3.63) is 70.1 Å². The van der Waals surface area contributed by atoms with Gasteiger partial charge >= 0.3 is 0 Å². The SMILES string of the molecule is Fc1cccc2c1ccn2Cc1c(Cl)cccc1Cl. The van der Waals surface area contributed by atoms with Gasteiger partial charge in [-0.3, -0.25) is 0 Å². The largest absolute Gasteiger partial charge is 0.343 e. The van der Waals surface area contributed by atoms with Crippen molar-refractivity contribution in [2.75, 3.05) is 0 Å². The van der Waals surface area contributed by atoms with Gasteiger partial charge in [-0.2, -0.15) is 0 Å². The topological polar surface area (TPSA) is 4.93 Å². The van der Waals surface area contributed by atoms with Crippen LogP contribution in [-0.2, 0) is 6.54 Å². The van der Waals surface area contributed by atoms with Crippen molar-refractivity contribution in [2.45, 2.75) is 6.54 Å². The summed E-state index contributed by atoms with van der Waals surface area (Å²) in [6.45, 7) is 0.519. The van der Waals surface area contributed by atoms with Gasteiger partial charge in [0.1, 0.15) is 5.82 Å². The number of aromatic nitrogens is 1. The molecule has 4 heteroatoms. The van der Waals surface area contributed by atoms with Crippen LogP contribution in [0.1, 0.15) is 5.56 Å². The van der Waals surface area contributed by atoms with Crippen LogP contribution in [0.4, 0.5) is 4.39 Å². The summed E-state index contributed by atoms with van der Waals surface area (Å²) in [4.78, 5) is 0. The lowest BCUT2D eigenvalue weighted by molar-refractivity contribution is 0.639. The van der Waals surface area contributed by atoms with Crippen LogP contribution in [0.25, 0.3) is 10.9 Å². The molecule has 0 radical (unpaired) electrons. The summed E-state index contributed by atoms with van der Waals surface area (Å²) in [5, 5.41) is 1.84. The summed E-state index contributed by atoms with van der Waals surface area (Å²) >= 11 is 12.3. The molecule has 1 heterocycles. The predicted octanol–water partition coefficient (Wildman–Crippen LogP) is 5.14. The Balaban J connectivity index is 2.09. The molecule has 0 bridgehead atoms. The zero-order valence-electron chi connectivity index (χ0n) is 9.91. The van der Waals surface area contributed by atoms with Crippen molar-refractivity contribution >= 4 is 34.1 Å². The molecule has 1 nitrogen and oxygen atoms in total. The Hall–Kier alpha value is -1.51. The molecule has 0 saturated carbocycles. The first-order chi connectivity index (χ1) is 9.16. The highest BCUT2D eigenvalue weighted by Gasteiger charge is 2.09. The summed E-state index contributed by atoms with van der Waals surface area (Å²) in [5.74, 6) is -0.221. The van der Waals surface area contributed by atoms with E-state index in [4.69, 9.17) is 23.2 Å². The number of fused-ring (bicyclic) bond motifs is 1. The summed E-state index contributed by atoms with van der Waals surface area (Å²) in [5.41, 5.74) is 1.67. The van der Waals surface area contributed by atoms with Crippen LogP contribution in [0.5, 0.6) is 0 Å². The van der Waals surface area contributed by atoms with Gasteiger partial charge < -0.3 is 4.57 Å². The van der Waals surface area contributed by atoms with Crippen molar-refractivity contribution in [2.24, 2.45) is 0 Å². The van der Waals surface area contributed by atoms with E-state index in [1.54, 1.807) is 24.3 Å². The molecular formula is C15H10Cl2FN. The van der Waals surface area contributed by atoms with E-state index in [0.29, 0.717) is 22.0 Å². The second kappa shape index (κ2) is 4.87. The standard InChI is InChI=1S/C15H10Cl2FN/c16-12-3-1-4-13(17)11(12)9-19-8-7-10-14(18)5-2-6-15(10)19/h1-8H,9H2. The fraction of sp³-hybridized carbons (Fsp3) is 0.0667. The van der Waals surface area contributed by atoms with E-state index in [9.17, 15) is 4.39 Å². The van der Waals surface area contributed by atoms with Crippen LogP contribution < -0.4 is 0 Å². The average molecular weight is 294 g/mol. The summed E-state index contributed by atoms with van der Waals surface area (Å²) in [6.07, 6.45) is 1.84. The lowest BCUT2D eigenvalue weighted by Crippen LogP contribution is -1.99. The molecular weight excluding hydrogens is 284 g/mol. The third kappa shape index (κ3) is 2.22. The molecule has 3 aromatic rings. The van der Waals surface area contributed by atoms with Crippen LogP contribution in [0.15, 0.2) is 48.7 Å². The summed E-state index contributed by atoms with van der Waals surface area (Å²) in [7, 11) is 0. The summed E-state index contributed by atoms with van der Waals surface area (Å²) in [6, 6.07) is 12.2. The molecule has 0 spiro atoms. The van der Waals surface area contributed by atoms with Gasteiger partial charge in [0.25, 0.3) is 0 Å². The average Bonchev–Trinajstić information content (AvgIpc) is 2.79. The predicted molar refractivity (Wildman–Crippen MR) is 77.5 cm³/mol. The maximum absolute atomic E-state index is 13.6. The maximum atomic E-state index is 13.6. The molecule has 0 aliphatic heterocycles. The smallest absolute Gasteiger partial charge is 0.132 e. The molecule has 0 unspecified atom stereocenters. The molecule has 0 fully saturated rings. The molecule has 1 aromatic heterocycles. The Bertz CT molecular complexity index is 729. The van der Waals surface area contributed by atoms with E-state index in [2.05, 4.69) is 0 Å². The normalized spacial score (nSPS) is 11.1. The van der Waals surface area contributed by atoms with Gasteiger partial charge in [-0.05, 0) is 30.3 Å². The first-order valence-corrected chi connectivity index (χ1v) is 6.58. The number of hydrogen-bond acceptors (Lipinski definition) is 0. The minimum atomic E-state index is -0.221. The zero-order chi connectivity index (χ0) is 13.4.